The minimum atomic E-state index is -1.95. The second-order valence-electron chi connectivity index (χ2n) is 15.4. The molecule has 0 unspecified atom stereocenters. The topological polar surface area (TPSA) is 46.5 Å². The lowest BCUT2D eigenvalue weighted by molar-refractivity contribution is -0.122. The molecule has 5 heteroatoms. The number of hydrogen-bond donors (Lipinski definition) is 1. The predicted molar refractivity (Wildman–Crippen MR) is 170 cm³/mol. The summed E-state index contributed by atoms with van der Waals surface area (Å²) >= 11 is 1.92. The second-order valence-corrected chi connectivity index (χ2v) is 21.6. The summed E-state index contributed by atoms with van der Waals surface area (Å²) in [4.78, 5) is 14.1. The highest BCUT2D eigenvalue weighted by Crippen LogP contribution is 2.65. The summed E-state index contributed by atoms with van der Waals surface area (Å²) in [5.74, 6) is 2.35. The first kappa shape index (κ1) is 31.6. The first-order valence-electron chi connectivity index (χ1n) is 16.0. The molecule has 4 rings (SSSR count). The standard InChI is InChI=1S/C34H58O3SSi/c1-10-34(36,11-2)20-21-38-29(23-37-39(8,9)31(3,4)5)30-28(35)22-27-25-16-15-24-14-12-13-18-32(24,6)26(25)17-19-33(27,30)7/h15-16,26-27,29-30,36H,10-14,17-23H2,1-9H3/t26-,27-,29+,30+,32-,33-/m0/s1. The monoisotopic (exact) mass is 574 g/mol. The lowest BCUT2D eigenvalue weighted by Gasteiger charge is -2.54. The molecule has 222 valence electrons. The van der Waals surface area contributed by atoms with Gasteiger partial charge in [-0.25, -0.2) is 0 Å². The molecule has 0 heterocycles. The number of Topliss-reactive ketones (excluding diaryl/α,β-unsaturated/α-hetero) is 1. The Kier molecular flexibility index (Phi) is 9.21. The van der Waals surface area contributed by atoms with Crippen LogP contribution >= 0.6 is 11.8 Å². The lowest BCUT2D eigenvalue weighted by Crippen LogP contribution is -2.48. The van der Waals surface area contributed by atoms with Crippen molar-refractivity contribution in [3.8, 4) is 0 Å². The first-order valence-corrected chi connectivity index (χ1v) is 20.0. The quantitative estimate of drug-likeness (QED) is 0.264. The third-order valence-electron chi connectivity index (χ3n) is 12.4. The molecule has 0 aliphatic heterocycles. The zero-order chi connectivity index (χ0) is 28.9. The van der Waals surface area contributed by atoms with E-state index in [9.17, 15) is 9.90 Å². The number of thioether (sulfide) groups is 1. The van der Waals surface area contributed by atoms with Crippen LogP contribution in [-0.2, 0) is 9.22 Å². The fourth-order valence-corrected chi connectivity index (χ4v) is 11.0. The van der Waals surface area contributed by atoms with Gasteiger partial charge in [0, 0.05) is 24.2 Å². The minimum absolute atomic E-state index is 0.00391. The number of carbonyl (C=O) groups excluding carboxylic acids is 1. The van der Waals surface area contributed by atoms with Crippen LogP contribution < -0.4 is 0 Å². The van der Waals surface area contributed by atoms with Crippen LogP contribution in [0.15, 0.2) is 23.3 Å². The fourth-order valence-electron chi connectivity index (χ4n) is 8.26. The molecule has 0 saturated heterocycles. The van der Waals surface area contributed by atoms with Crippen molar-refractivity contribution in [3.63, 3.8) is 0 Å². The van der Waals surface area contributed by atoms with Crippen LogP contribution in [0.5, 0.6) is 0 Å². The Balaban J connectivity index is 1.61. The summed E-state index contributed by atoms with van der Waals surface area (Å²) in [6, 6.07) is 0. The minimum Gasteiger partial charge on any atom is -0.416 e. The molecule has 0 amide bonds. The Hall–Kier alpha value is -0.363. The molecular weight excluding hydrogens is 517 g/mol. The van der Waals surface area contributed by atoms with Crippen LogP contribution in [0.1, 0.15) is 113 Å². The van der Waals surface area contributed by atoms with E-state index in [-0.39, 0.29) is 21.6 Å². The summed E-state index contributed by atoms with van der Waals surface area (Å²) in [5.41, 5.74) is 2.95. The largest absolute Gasteiger partial charge is 0.416 e. The van der Waals surface area contributed by atoms with Gasteiger partial charge in [-0.15, -0.1) is 0 Å². The van der Waals surface area contributed by atoms with Gasteiger partial charge in [0.25, 0.3) is 0 Å². The van der Waals surface area contributed by atoms with Gasteiger partial charge in [0.15, 0.2) is 8.32 Å². The van der Waals surface area contributed by atoms with Gasteiger partial charge in [0.1, 0.15) is 5.78 Å². The molecule has 4 aliphatic rings. The summed E-state index contributed by atoms with van der Waals surface area (Å²) in [6.45, 7) is 21.3. The van der Waals surface area contributed by atoms with Gasteiger partial charge in [0.05, 0.1) is 5.60 Å². The molecule has 1 N–H and O–H groups in total. The molecule has 0 bridgehead atoms. The highest BCUT2D eigenvalue weighted by molar-refractivity contribution is 7.99. The van der Waals surface area contributed by atoms with Gasteiger partial charge in [-0.05, 0) is 97.9 Å². The van der Waals surface area contributed by atoms with Crippen LogP contribution in [0.25, 0.3) is 0 Å². The van der Waals surface area contributed by atoms with Gasteiger partial charge in [0.2, 0.25) is 0 Å². The molecule has 3 saturated carbocycles. The normalized spacial score (nSPS) is 34.1. The maximum Gasteiger partial charge on any atom is 0.192 e. The third-order valence-corrected chi connectivity index (χ3v) is 18.2. The van der Waals surface area contributed by atoms with Crippen LogP contribution in [0.2, 0.25) is 18.1 Å². The highest BCUT2D eigenvalue weighted by Gasteiger charge is 2.60. The number of rotatable bonds is 10. The summed E-state index contributed by atoms with van der Waals surface area (Å²) in [6.07, 6.45) is 15.5. The van der Waals surface area contributed by atoms with Gasteiger partial charge in [-0.1, -0.05) is 78.2 Å². The van der Waals surface area contributed by atoms with E-state index in [1.165, 1.54) is 32.1 Å². The Labute approximate surface area is 245 Å². The van der Waals surface area contributed by atoms with Gasteiger partial charge in [-0.3, -0.25) is 4.79 Å². The highest BCUT2D eigenvalue weighted by atomic mass is 32.2. The number of fused-ring (bicyclic) bond motifs is 5. The number of hydrogen-bond acceptors (Lipinski definition) is 4. The van der Waals surface area contributed by atoms with E-state index in [0.717, 1.165) is 31.4 Å². The number of ketones is 1. The fraction of sp³-hybridized carbons (Fsp3) is 0.853. The molecule has 3 fully saturated rings. The van der Waals surface area contributed by atoms with Crippen molar-refractivity contribution in [1.29, 1.82) is 0 Å². The van der Waals surface area contributed by atoms with Crippen LogP contribution in [0.4, 0.5) is 0 Å². The molecule has 6 atom stereocenters. The summed E-state index contributed by atoms with van der Waals surface area (Å²) in [7, 11) is -1.95. The molecule has 0 radical (unpaired) electrons. The smallest absolute Gasteiger partial charge is 0.192 e. The van der Waals surface area contributed by atoms with Crippen LogP contribution in [0, 0.1) is 28.6 Å². The zero-order valence-electron chi connectivity index (χ0n) is 26.6. The van der Waals surface area contributed by atoms with E-state index < -0.39 is 13.9 Å². The van der Waals surface area contributed by atoms with Crippen molar-refractivity contribution in [2.45, 2.75) is 142 Å². The summed E-state index contributed by atoms with van der Waals surface area (Å²) in [5, 5.41) is 11.3. The van der Waals surface area contributed by atoms with E-state index in [4.69, 9.17) is 4.43 Å². The Morgan fingerprint density at radius 2 is 1.79 bits per heavy atom. The SMILES string of the molecule is CCC(O)(CC)CCS[C@H](CO[Si](C)(C)C(C)(C)C)[C@H]1C(=O)C[C@H]2C3=CC=C4CCCC[C@]4(C)[C@H]3CC[C@]12C. The van der Waals surface area contributed by atoms with E-state index in [0.29, 0.717) is 36.1 Å². The molecule has 0 aromatic rings. The molecule has 3 nitrogen and oxygen atoms in total. The van der Waals surface area contributed by atoms with Crippen molar-refractivity contribution < 1.29 is 14.3 Å². The van der Waals surface area contributed by atoms with Crippen molar-refractivity contribution in [3.05, 3.63) is 23.3 Å². The van der Waals surface area contributed by atoms with E-state index >= 15 is 0 Å². The van der Waals surface area contributed by atoms with Gasteiger partial charge in [-0.2, -0.15) is 11.8 Å². The Morgan fingerprint density at radius 3 is 2.44 bits per heavy atom. The third kappa shape index (κ3) is 5.82. The van der Waals surface area contributed by atoms with Gasteiger partial charge < -0.3 is 9.53 Å². The summed E-state index contributed by atoms with van der Waals surface area (Å²) < 4.78 is 6.85. The molecule has 39 heavy (non-hydrogen) atoms. The van der Waals surface area contributed by atoms with Crippen LogP contribution in [0.3, 0.4) is 0 Å². The molecule has 0 spiro atoms. The number of allylic oxidation sites excluding steroid dienone is 4. The first-order chi connectivity index (χ1) is 18.1. The predicted octanol–water partition coefficient (Wildman–Crippen LogP) is 9.12. The van der Waals surface area contributed by atoms with E-state index in [1.807, 2.05) is 11.8 Å². The van der Waals surface area contributed by atoms with E-state index in [2.05, 4.69) is 73.7 Å². The average molecular weight is 575 g/mol. The Bertz CT molecular complexity index is 973. The number of carbonyl (C=O) groups is 1. The van der Waals surface area contributed by atoms with Crippen molar-refractivity contribution in [2.24, 2.45) is 28.6 Å². The van der Waals surface area contributed by atoms with Gasteiger partial charge >= 0.3 is 0 Å². The van der Waals surface area contributed by atoms with Crippen molar-refractivity contribution in [1.82, 2.24) is 0 Å². The Morgan fingerprint density at radius 1 is 1.10 bits per heavy atom. The molecule has 0 aromatic carbocycles. The molecular formula is C34H58O3SSi. The average Bonchev–Trinajstić information content (AvgIpc) is 3.14. The zero-order valence-corrected chi connectivity index (χ0v) is 28.4. The lowest BCUT2D eigenvalue weighted by atomic mass is 9.50. The number of aliphatic hydroxyl groups is 1. The molecule has 4 aliphatic carbocycles. The van der Waals surface area contributed by atoms with Crippen molar-refractivity contribution in [2.75, 3.05) is 12.4 Å². The molecule has 0 aromatic heterocycles. The maximum absolute atomic E-state index is 14.1. The second kappa shape index (κ2) is 11.4. The van der Waals surface area contributed by atoms with Crippen LogP contribution in [-0.4, -0.2) is 42.4 Å². The maximum atomic E-state index is 14.1. The van der Waals surface area contributed by atoms with Crippen molar-refractivity contribution >= 4 is 25.9 Å². The van der Waals surface area contributed by atoms with E-state index in [1.54, 1.807) is 11.1 Å².